The summed E-state index contributed by atoms with van der Waals surface area (Å²) in [4.78, 5) is 8.06. The van der Waals surface area contributed by atoms with Crippen LogP contribution in [0.15, 0.2) is 18.5 Å². The fourth-order valence-electron chi connectivity index (χ4n) is 4.59. The number of ether oxygens (including phenoxy) is 1. The van der Waals surface area contributed by atoms with E-state index in [1.807, 2.05) is 6.33 Å². The molecule has 0 fully saturated rings. The van der Waals surface area contributed by atoms with Gasteiger partial charge in [0.2, 0.25) is 0 Å². The number of nitrogens with one attached hydrogen (secondary N) is 1. The van der Waals surface area contributed by atoms with Crippen molar-refractivity contribution in [2.24, 2.45) is 0 Å². The number of rotatable bonds is 12. The van der Waals surface area contributed by atoms with Crippen LogP contribution in [0.1, 0.15) is 78.8 Å². The van der Waals surface area contributed by atoms with E-state index < -0.39 is 18.8 Å². The number of benzene rings is 1. The van der Waals surface area contributed by atoms with Crippen LogP contribution >= 0.6 is 0 Å². The Bertz CT molecular complexity index is 843. The second-order valence-corrected chi connectivity index (χ2v) is 24.4. The van der Waals surface area contributed by atoms with Gasteiger partial charge in [0.25, 0.3) is 0 Å². The molecule has 6 heteroatoms. The topological polar surface area (TPSA) is 47.1 Å². The fourth-order valence-corrected chi connectivity index (χ4v) is 20.5. The van der Waals surface area contributed by atoms with E-state index in [4.69, 9.17) is 7.81 Å². The second kappa shape index (κ2) is 11.0. The molecule has 1 aromatic heterocycles. The van der Waals surface area contributed by atoms with Gasteiger partial charge < -0.3 is 0 Å². The molecule has 1 aliphatic rings. The minimum atomic E-state index is -2.79. The molecule has 31 heavy (non-hydrogen) atoms. The average molecular weight is 598 g/mol. The van der Waals surface area contributed by atoms with Gasteiger partial charge in [-0.15, -0.1) is 0 Å². The Morgan fingerprint density at radius 2 is 1.58 bits per heavy atom. The normalized spacial score (nSPS) is 14.8. The van der Waals surface area contributed by atoms with E-state index in [0.717, 1.165) is 17.2 Å². The van der Waals surface area contributed by atoms with Gasteiger partial charge in [0.1, 0.15) is 0 Å². The van der Waals surface area contributed by atoms with Crippen LogP contribution in [0.2, 0.25) is 13.3 Å². The van der Waals surface area contributed by atoms with Gasteiger partial charge in [-0.25, -0.2) is 0 Å². The van der Waals surface area contributed by atoms with Gasteiger partial charge in [0.15, 0.2) is 0 Å². The quantitative estimate of drug-likeness (QED) is 0.289. The van der Waals surface area contributed by atoms with Crippen LogP contribution in [0.25, 0.3) is 11.3 Å². The van der Waals surface area contributed by atoms with Gasteiger partial charge >= 0.3 is 201 Å². The number of H-pyrrole nitrogens is 1. The van der Waals surface area contributed by atoms with E-state index in [9.17, 15) is 0 Å². The van der Waals surface area contributed by atoms with E-state index in [1.54, 1.807) is 7.11 Å². The maximum absolute atomic E-state index is 7.20. The molecule has 1 N–H and O–H groups in total. The molecule has 0 saturated carbocycles. The molecule has 4 nitrogen and oxygen atoms in total. The molecule has 0 amide bonds. The summed E-state index contributed by atoms with van der Waals surface area (Å²) in [5, 5.41) is 0. The van der Waals surface area contributed by atoms with Gasteiger partial charge in [0.05, 0.1) is 0 Å². The third-order valence-corrected chi connectivity index (χ3v) is 21.8. The number of nitrogens with zero attached hydrogens (tertiary/aromatic N) is 1. The summed E-state index contributed by atoms with van der Waals surface area (Å²) >= 11 is -2.49. The van der Waals surface area contributed by atoms with E-state index in [2.05, 4.69) is 56.7 Å². The van der Waals surface area contributed by atoms with Crippen molar-refractivity contribution in [3.8, 4) is 22.8 Å². The summed E-state index contributed by atoms with van der Waals surface area (Å²) in [5.74, 6) is 1.89. The Morgan fingerprint density at radius 1 is 0.968 bits per heavy atom. The Balaban J connectivity index is 2.02. The van der Waals surface area contributed by atoms with E-state index in [1.165, 1.54) is 67.6 Å². The van der Waals surface area contributed by atoms with Gasteiger partial charge in [-0.1, -0.05) is 0 Å². The number of methoxy groups -OCH3 is 1. The molecule has 1 aliphatic heterocycles. The first-order valence-electron chi connectivity index (χ1n) is 12.0. The number of hydrogen-bond donors (Lipinski definition) is 1. The average Bonchev–Trinajstić information content (AvgIpc) is 3.25. The van der Waals surface area contributed by atoms with Gasteiger partial charge in [-0.2, -0.15) is 0 Å². The first kappa shape index (κ1) is 25.0. The Hall–Kier alpha value is -0.652. The van der Waals surface area contributed by atoms with Gasteiger partial charge in [0, 0.05) is 0 Å². The van der Waals surface area contributed by atoms with E-state index in [0.29, 0.717) is 15.0 Å². The Labute approximate surface area is 199 Å². The van der Waals surface area contributed by atoms with Crippen molar-refractivity contribution in [1.29, 1.82) is 0 Å². The van der Waals surface area contributed by atoms with Crippen LogP contribution in [0.4, 0.5) is 0 Å². The van der Waals surface area contributed by atoms with Crippen LogP contribution in [-0.4, -0.2) is 50.8 Å². The molecule has 0 saturated heterocycles. The zero-order chi connectivity index (χ0) is 22.5. The number of fused-ring (bicyclic) bond motifs is 3. The van der Waals surface area contributed by atoms with Crippen LogP contribution < -0.4 is 12.3 Å². The molecule has 172 valence electrons. The number of aromatic nitrogens is 2. The summed E-state index contributed by atoms with van der Waals surface area (Å²) in [7, 11) is 1.78. The molecule has 2 heterocycles. The van der Waals surface area contributed by atoms with Gasteiger partial charge in [-0.3, -0.25) is 0 Å². The first-order chi connectivity index (χ1) is 14.9. The van der Waals surface area contributed by atoms with Crippen molar-refractivity contribution in [3.05, 3.63) is 24.2 Å². The Kier molecular flexibility index (Phi) is 8.85. The molecule has 0 atom stereocenters. The van der Waals surface area contributed by atoms with Crippen molar-refractivity contribution in [2.75, 3.05) is 7.11 Å². The Morgan fingerprint density at radius 3 is 2.13 bits per heavy atom. The van der Waals surface area contributed by atoms with Crippen molar-refractivity contribution in [2.45, 2.75) is 90.8 Å². The van der Waals surface area contributed by atoms with Crippen molar-refractivity contribution < 1.29 is 7.81 Å². The molecular weight excluding hydrogens is 558 g/mol. The summed E-state index contributed by atoms with van der Waals surface area (Å²) in [6.07, 6.45) is 9.47. The molecule has 1 aromatic carbocycles. The number of unbranched alkanes of at least 4 members (excludes halogenated alkanes) is 3. The zero-order valence-corrected chi connectivity index (χ0v) is 24.8. The second-order valence-electron chi connectivity index (χ2n) is 9.33. The molecule has 0 spiro atoms. The third-order valence-electron chi connectivity index (χ3n) is 6.41. The van der Waals surface area contributed by atoms with Crippen LogP contribution in [0, 0.1) is 0 Å². The predicted molar refractivity (Wildman–Crippen MR) is 135 cm³/mol. The summed E-state index contributed by atoms with van der Waals surface area (Å²) in [6.45, 7) is 11.6. The summed E-state index contributed by atoms with van der Waals surface area (Å²) in [6, 6.07) is 4.51. The molecule has 0 aliphatic carbocycles. The van der Waals surface area contributed by atoms with E-state index in [-0.39, 0.29) is 4.31 Å². The molecule has 0 radical (unpaired) electrons. The molecule has 0 bridgehead atoms. The van der Waals surface area contributed by atoms with Crippen molar-refractivity contribution in [1.82, 2.24) is 9.97 Å². The molecule has 0 unspecified atom stereocenters. The SMILES string of the molecule is CCC[CH2][Sn]([CH2]CCC)([CH2]CCC)[O]c1cc2c(cc1OC)-c1nc[nH]c1C(C)(C)[Se]2. The zero-order valence-electron chi connectivity index (χ0n) is 20.3. The van der Waals surface area contributed by atoms with Crippen LogP contribution in [0.5, 0.6) is 11.5 Å². The van der Waals surface area contributed by atoms with Gasteiger partial charge in [-0.05, 0) is 0 Å². The van der Waals surface area contributed by atoms with Crippen molar-refractivity contribution >= 4 is 38.2 Å². The molecule has 3 rings (SSSR count). The molecular formula is C25H40N2O2SeSn. The number of imidazole rings is 1. The van der Waals surface area contributed by atoms with Crippen LogP contribution in [0.3, 0.4) is 0 Å². The fraction of sp³-hybridized carbons (Fsp3) is 0.640. The summed E-state index contributed by atoms with van der Waals surface area (Å²) < 4.78 is 18.6. The van der Waals surface area contributed by atoms with Crippen molar-refractivity contribution in [3.63, 3.8) is 0 Å². The summed E-state index contributed by atoms with van der Waals surface area (Å²) in [5.41, 5.74) is 3.55. The number of hydrogen-bond acceptors (Lipinski definition) is 3. The minimum absolute atomic E-state index is 0.102. The van der Waals surface area contributed by atoms with Crippen LogP contribution in [-0.2, 0) is 4.31 Å². The maximum atomic E-state index is 7.20. The number of aromatic amines is 1. The monoisotopic (exact) mass is 600 g/mol. The first-order valence-corrected chi connectivity index (χ1v) is 21.0. The van der Waals surface area contributed by atoms with E-state index >= 15 is 0 Å². The standard InChI is InChI=1S/C13H14N2O2Se.3C4H9.Sn/c1-13(2)12-11(14-6-15-12)7-4-9(17-3)8(16)5-10(7)18-13;3*1-3-4-2;/h4-6,16H,1-3H3,(H,14,15);3*1,3-4H2,2H3;/q;;;;+1/p-1. The predicted octanol–water partition coefficient (Wildman–Crippen LogP) is 6.39. The molecule has 2 aromatic rings. The third kappa shape index (κ3) is 5.65.